The minimum absolute atomic E-state index is 0. The summed E-state index contributed by atoms with van der Waals surface area (Å²) < 4.78 is 236. The number of rotatable bonds is 48. The fourth-order valence-corrected chi connectivity index (χ4v) is 22.8. The van der Waals surface area contributed by atoms with E-state index in [0.29, 0.717) is 147 Å². The van der Waals surface area contributed by atoms with Gasteiger partial charge in [-0.05, 0) is 207 Å². The first-order valence-corrected chi connectivity index (χ1v) is 53.6. The first kappa shape index (κ1) is 114. The first-order valence-electron chi connectivity index (χ1n) is 42.6. The van der Waals surface area contributed by atoms with Crippen molar-refractivity contribution >= 4 is 94.0 Å². The Morgan fingerprint density at radius 1 is 0.387 bits per heavy atom. The molecule has 8 atom stereocenters. The van der Waals surface area contributed by atoms with E-state index in [-0.39, 0.29) is 105 Å². The van der Waals surface area contributed by atoms with Crippen LogP contribution in [0.2, 0.25) is 0 Å². The third-order valence-electron chi connectivity index (χ3n) is 21.8. The van der Waals surface area contributed by atoms with Crippen LogP contribution in [0.4, 0.5) is 0 Å². The number of hydrogen-bond donors (Lipinski definition) is 4. The van der Waals surface area contributed by atoms with Crippen LogP contribution in [0, 0.1) is 0 Å². The largest absolute Gasteiger partial charge is 1.00 e. The average molecular weight is 1900 g/mol. The molecular formula is C77H145Cl2NaO32S7. The number of ether oxygens (including phenoxy) is 7. The van der Waals surface area contributed by atoms with E-state index in [4.69, 9.17) is 86.6 Å². The van der Waals surface area contributed by atoms with E-state index in [2.05, 4.69) is 6.92 Å². The monoisotopic (exact) mass is 1900 g/mol. The predicted molar refractivity (Wildman–Crippen MR) is 447 cm³/mol. The summed E-state index contributed by atoms with van der Waals surface area (Å²) in [6.07, 6.45) is 21.0. The van der Waals surface area contributed by atoms with Crippen LogP contribution in [0.1, 0.15) is 301 Å². The molecule has 0 radical (unpaired) electrons. The SMILES string of the molecule is CC1(C)OC[C@H](CC2(S(=O)(=O)[O-])CC2)O1.CCCCOS(=O)(=O)C1(C[C@H](O)CC)CC1.CCCCOS(=O)(=O)C1(C[C@H](O)CCl)CC1.CCCCOS(=O)(=O)C1(C[C@H](O)CO)CC1.CCCCOS(=O)(=O)C1(C[C@H]2CO2)CC1.CCCCOS(=O)(=O)C1(C[C@H]2COC(C)(C)O2)CC1.CCCCOS(=O)(=O)C1CC1.CC[C@@H]1CO1.ClC[C@@H]1CO1.[Na+]. The second-order valence-electron chi connectivity index (χ2n) is 33.8. The van der Waals surface area contributed by atoms with Crippen molar-refractivity contribution in [3.63, 3.8) is 0 Å². The maximum Gasteiger partial charge on any atom is 1.00 e. The van der Waals surface area contributed by atoms with E-state index >= 15 is 0 Å². The van der Waals surface area contributed by atoms with Gasteiger partial charge in [-0.15, -0.1) is 23.2 Å². The minimum atomic E-state index is -4.20. The van der Waals surface area contributed by atoms with Gasteiger partial charge < -0.3 is 58.1 Å². The molecule has 119 heavy (non-hydrogen) atoms. The van der Waals surface area contributed by atoms with Crippen LogP contribution >= 0.6 is 23.2 Å². The maximum absolute atomic E-state index is 12.2. The van der Waals surface area contributed by atoms with E-state index in [0.717, 1.165) is 110 Å². The van der Waals surface area contributed by atoms with Crippen molar-refractivity contribution < 1.29 is 172 Å². The zero-order chi connectivity index (χ0) is 88.8. The van der Waals surface area contributed by atoms with Gasteiger partial charge >= 0.3 is 29.6 Å². The van der Waals surface area contributed by atoms with Crippen LogP contribution in [0.25, 0.3) is 0 Å². The van der Waals surface area contributed by atoms with Gasteiger partial charge in [-0.3, -0.25) is 25.1 Å². The van der Waals surface area contributed by atoms with Gasteiger partial charge in [-0.2, -0.15) is 50.5 Å². The topological polar surface area (TPSA) is 473 Å². The predicted octanol–water partition coefficient (Wildman–Crippen LogP) is 7.88. The molecular weight excluding hydrogens is 1760 g/mol. The number of epoxide rings is 3. The average Bonchev–Trinajstić information content (AvgIpc) is 1.56. The van der Waals surface area contributed by atoms with Gasteiger partial charge in [0.15, 0.2) is 11.6 Å². The van der Waals surface area contributed by atoms with Crippen LogP contribution in [0.15, 0.2) is 0 Å². The standard InChI is InChI=1S/C13H24O5S.C11H22O4S.C10H19ClO4S.C10H20O5S.C10H18O4S.C9H16O5S.C7H14O3S.C4H8O.C3H5ClO.Na/c1-4-5-8-17-19(14,15)13(6-7-13)9-11-10-16-12(2,3)18-11;1-3-5-8-15-16(13,14)11(6-7-11)9-10(12)4-2;2*1-2-3-6-15-16(13,14)10(4-5-10)7-9(12)8-11;1-2-3-6-14-15(11,12)10(4-5-10)7-9-8-13-9;1-8(2)13-6-7(14-8)5-9(3-4-9)15(10,11)12;1-2-3-6-10-11(8,9)7-4-5-7;1-2-4-3-5-4;4-1-3-2-5-3;/h11H,4-10H2,1-3H3;10,12H,3-9H2,1-2H3;9,12H,2-8H2,1H3;9,11-12H,2-8H2,1H3;9H,2-8H2,1H3;7H,3-6H2,1-2H3,(H,10,11,12);7H,2-6H2,1H3;4H,2-3H2,1H3;3H,1-2H2;/q;;;;;;;;;+1/p-1/t11-;10-;3*9-;7-;;4-;3-;/m010000.11./s1. The van der Waals surface area contributed by atoms with Crippen LogP contribution in [-0.2, 0) is 129 Å². The zero-order valence-electron chi connectivity index (χ0n) is 73.0. The number of unbranched alkanes of at least 4 members (excludes halogenated alkanes) is 6. The molecule has 32 nitrogen and oxygen atoms in total. The Hall–Kier alpha value is 0.510. The molecule has 5 heterocycles. The van der Waals surface area contributed by atoms with Crippen LogP contribution in [0.5, 0.6) is 0 Å². The minimum Gasteiger partial charge on any atom is -0.748 e. The third kappa shape index (κ3) is 40.0. The second kappa shape index (κ2) is 51.4. The van der Waals surface area contributed by atoms with Gasteiger partial charge in [-0.25, -0.2) is 8.42 Å². The van der Waals surface area contributed by atoms with Crippen molar-refractivity contribution in [2.24, 2.45) is 0 Å². The molecule has 12 aliphatic rings. The summed E-state index contributed by atoms with van der Waals surface area (Å²) in [6, 6.07) is 0. The van der Waals surface area contributed by atoms with E-state index in [1.807, 2.05) is 62.3 Å². The molecule has 0 bridgehead atoms. The molecule has 0 aromatic rings. The number of aliphatic hydroxyl groups is 4. The molecule has 0 amide bonds. The van der Waals surface area contributed by atoms with Gasteiger partial charge in [-0.1, -0.05) is 93.9 Å². The first-order chi connectivity index (χ1) is 55.1. The molecule has 5 saturated heterocycles. The van der Waals surface area contributed by atoms with Gasteiger partial charge in [0.05, 0.1) is 144 Å². The van der Waals surface area contributed by atoms with Gasteiger partial charge in [0.1, 0.15) is 33.9 Å². The zero-order valence-corrected chi connectivity index (χ0v) is 82.2. The molecule has 0 unspecified atom stereocenters. The number of alkyl halides is 2. The molecule has 4 N–H and O–H groups in total. The van der Waals surface area contributed by atoms with Crippen molar-refractivity contribution in [2.75, 3.05) is 91.0 Å². The fraction of sp³-hybridized carbons (Fsp3) is 1.00. The van der Waals surface area contributed by atoms with E-state index in [1.54, 1.807) is 13.8 Å². The summed E-state index contributed by atoms with van der Waals surface area (Å²) in [5.41, 5.74) is 0. The summed E-state index contributed by atoms with van der Waals surface area (Å²) in [7, 11) is -24.8. The van der Waals surface area contributed by atoms with Gasteiger partial charge in [0.25, 0.3) is 60.7 Å². The molecule has 7 saturated carbocycles. The summed E-state index contributed by atoms with van der Waals surface area (Å²) >= 11 is 10.8. The molecule has 5 aliphatic heterocycles. The van der Waals surface area contributed by atoms with Gasteiger partial charge in [0.2, 0.25) is 0 Å². The molecule has 42 heteroatoms. The number of halogens is 2. The Bertz CT molecular complexity index is 3560. The normalized spacial score (nSPS) is 25.1. The Kier molecular flexibility index (Phi) is 49.1. The van der Waals surface area contributed by atoms with E-state index in [9.17, 15) is 78.8 Å². The van der Waals surface area contributed by atoms with Crippen molar-refractivity contribution in [1.29, 1.82) is 0 Å². The molecule has 0 spiro atoms. The number of hydrogen-bond acceptors (Lipinski definition) is 32. The molecule has 0 aromatic carbocycles. The van der Waals surface area contributed by atoms with Crippen molar-refractivity contribution in [1.82, 2.24) is 0 Å². The van der Waals surface area contributed by atoms with Crippen LogP contribution in [0.3, 0.4) is 0 Å². The van der Waals surface area contributed by atoms with E-state index in [1.165, 1.54) is 6.42 Å². The summed E-state index contributed by atoms with van der Waals surface area (Å²) in [4.78, 5) is 0. The Morgan fingerprint density at radius 3 is 0.874 bits per heavy atom. The summed E-state index contributed by atoms with van der Waals surface area (Å²) in [5.74, 6) is -0.535. The fourth-order valence-electron chi connectivity index (χ4n) is 12.3. The molecule has 12 rings (SSSR count). The van der Waals surface area contributed by atoms with Crippen molar-refractivity contribution in [3.8, 4) is 0 Å². The molecule has 7 aliphatic carbocycles. The summed E-state index contributed by atoms with van der Waals surface area (Å²) in [6.45, 7) is 27.9. The van der Waals surface area contributed by atoms with Gasteiger partial charge in [0, 0.05) is 5.88 Å². The maximum atomic E-state index is 12.2. The third-order valence-corrected chi connectivity index (χ3v) is 36.5. The quantitative estimate of drug-likeness (QED) is 0.0112. The molecule has 702 valence electrons. The number of aliphatic hydroxyl groups excluding tert-OH is 4. The second-order valence-corrected chi connectivity index (χ2v) is 48.2. The van der Waals surface area contributed by atoms with Crippen LogP contribution in [-0.4, -0.2) is 269 Å². The summed E-state index contributed by atoms with van der Waals surface area (Å²) in [5, 5.41) is 36.8. The molecule has 12 fully saturated rings. The van der Waals surface area contributed by atoms with E-state index < -0.39 is 136 Å². The van der Waals surface area contributed by atoms with Crippen molar-refractivity contribution in [3.05, 3.63) is 0 Å². The Balaban J connectivity index is 0.000000352. The Morgan fingerprint density at radius 2 is 0.664 bits per heavy atom. The van der Waals surface area contributed by atoms with Crippen molar-refractivity contribution in [2.45, 2.75) is 396 Å². The van der Waals surface area contributed by atoms with Crippen LogP contribution < -0.4 is 29.6 Å². The Labute approximate surface area is 746 Å². The smallest absolute Gasteiger partial charge is 0.748 e. The molecule has 0 aromatic heterocycles.